The van der Waals surface area contributed by atoms with Crippen LogP contribution < -0.4 is 10.1 Å². The Kier molecular flexibility index (Phi) is 2.86. The summed E-state index contributed by atoms with van der Waals surface area (Å²) in [6.07, 6.45) is 4.91. The van der Waals surface area contributed by atoms with Gasteiger partial charge in [-0.3, -0.25) is 4.98 Å². The largest absolute Gasteiger partial charge is 0.497 e. The standard InChI is InChI=1S/C16H16N4O/c1-21-12-2-3-13-15(8-12)18-7-5-16(13)20-10-11-9-17-6-4-14(11)19-20/h2-3,5,7-8,10,17H,4,6,9H2,1H3. The first kappa shape index (κ1) is 12.3. The Morgan fingerprint density at radius 2 is 2.24 bits per heavy atom. The van der Waals surface area contributed by atoms with Crippen LogP contribution >= 0.6 is 0 Å². The number of rotatable bonds is 2. The van der Waals surface area contributed by atoms with Crippen molar-refractivity contribution in [2.75, 3.05) is 13.7 Å². The second-order valence-corrected chi connectivity index (χ2v) is 5.19. The molecule has 0 unspecified atom stereocenters. The van der Waals surface area contributed by atoms with Gasteiger partial charge in [0.15, 0.2) is 0 Å². The highest BCUT2D eigenvalue weighted by atomic mass is 16.5. The summed E-state index contributed by atoms with van der Waals surface area (Å²) in [7, 11) is 1.67. The molecule has 1 aliphatic heterocycles. The molecule has 0 radical (unpaired) electrons. The van der Waals surface area contributed by atoms with Crippen LogP contribution in [-0.2, 0) is 13.0 Å². The molecule has 0 aliphatic carbocycles. The maximum atomic E-state index is 5.26. The van der Waals surface area contributed by atoms with Gasteiger partial charge in [0.25, 0.3) is 0 Å². The van der Waals surface area contributed by atoms with E-state index >= 15 is 0 Å². The molecular weight excluding hydrogens is 264 g/mol. The van der Waals surface area contributed by atoms with Gasteiger partial charge >= 0.3 is 0 Å². The van der Waals surface area contributed by atoms with E-state index in [0.717, 1.165) is 41.9 Å². The third kappa shape index (κ3) is 2.06. The average Bonchev–Trinajstić information content (AvgIpc) is 2.97. The van der Waals surface area contributed by atoms with Gasteiger partial charge in [0, 0.05) is 48.9 Å². The molecule has 3 aromatic rings. The first-order valence-electron chi connectivity index (χ1n) is 7.06. The Balaban J connectivity index is 1.88. The van der Waals surface area contributed by atoms with Crippen molar-refractivity contribution in [2.45, 2.75) is 13.0 Å². The fraction of sp³-hybridized carbons (Fsp3) is 0.250. The third-order valence-electron chi connectivity index (χ3n) is 3.90. The van der Waals surface area contributed by atoms with Crippen LogP contribution in [0.4, 0.5) is 0 Å². The molecule has 5 nitrogen and oxygen atoms in total. The number of ether oxygens (including phenoxy) is 1. The minimum absolute atomic E-state index is 0.816. The zero-order valence-electron chi connectivity index (χ0n) is 11.8. The van der Waals surface area contributed by atoms with Crippen molar-refractivity contribution >= 4 is 10.9 Å². The lowest BCUT2D eigenvalue weighted by Crippen LogP contribution is -2.22. The van der Waals surface area contributed by atoms with E-state index in [1.54, 1.807) is 7.11 Å². The second kappa shape index (κ2) is 4.86. The van der Waals surface area contributed by atoms with Gasteiger partial charge in [0.2, 0.25) is 0 Å². The van der Waals surface area contributed by atoms with E-state index in [4.69, 9.17) is 9.84 Å². The van der Waals surface area contributed by atoms with E-state index in [1.165, 1.54) is 11.3 Å². The van der Waals surface area contributed by atoms with Crippen LogP contribution in [0.5, 0.6) is 5.75 Å². The van der Waals surface area contributed by atoms with Crippen LogP contribution in [-0.4, -0.2) is 28.4 Å². The zero-order chi connectivity index (χ0) is 14.2. The van der Waals surface area contributed by atoms with Gasteiger partial charge < -0.3 is 10.1 Å². The van der Waals surface area contributed by atoms with Gasteiger partial charge in [-0.25, -0.2) is 4.68 Å². The molecule has 1 aliphatic rings. The predicted molar refractivity (Wildman–Crippen MR) is 80.8 cm³/mol. The van der Waals surface area contributed by atoms with Crippen LogP contribution in [0.15, 0.2) is 36.7 Å². The van der Waals surface area contributed by atoms with Crippen molar-refractivity contribution in [3.63, 3.8) is 0 Å². The molecule has 21 heavy (non-hydrogen) atoms. The molecule has 0 fully saturated rings. The quantitative estimate of drug-likeness (QED) is 0.781. The van der Waals surface area contributed by atoms with Gasteiger partial charge in [0.05, 0.1) is 24.0 Å². The van der Waals surface area contributed by atoms with E-state index in [-0.39, 0.29) is 0 Å². The van der Waals surface area contributed by atoms with E-state index in [9.17, 15) is 0 Å². The summed E-state index contributed by atoms with van der Waals surface area (Å²) in [5.74, 6) is 0.816. The summed E-state index contributed by atoms with van der Waals surface area (Å²) in [6, 6.07) is 7.94. The van der Waals surface area contributed by atoms with Gasteiger partial charge in [0.1, 0.15) is 5.75 Å². The van der Waals surface area contributed by atoms with Crippen molar-refractivity contribution < 1.29 is 4.74 Å². The summed E-state index contributed by atoms with van der Waals surface area (Å²) >= 11 is 0. The summed E-state index contributed by atoms with van der Waals surface area (Å²) in [5, 5.41) is 9.18. The molecule has 0 saturated heterocycles. The number of methoxy groups -OCH3 is 1. The maximum Gasteiger partial charge on any atom is 0.121 e. The minimum Gasteiger partial charge on any atom is -0.497 e. The van der Waals surface area contributed by atoms with Crippen molar-refractivity contribution in [1.29, 1.82) is 0 Å². The van der Waals surface area contributed by atoms with Crippen LogP contribution in [0.3, 0.4) is 0 Å². The monoisotopic (exact) mass is 280 g/mol. The topological polar surface area (TPSA) is 52.0 Å². The van der Waals surface area contributed by atoms with Crippen LogP contribution in [0, 0.1) is 0 Å². The molecule has 1 N–H and O–H groups in total. The summed E-state index contributed by atoms with van der Waals surface area (Å²) < 4.78 is 7.23. The maximum absolute atomic E-state index is 5.26. The lowest BCUT2D eigenvalue weighted by Gasteiger charge is -2.09. The minimum atomic E-state index is 0.816. The molecule has 106 valence electrons. The van der Waals surface area contributed by atoms with Crippen LogP contribution in [0.2, 0.25) is 0 Å². The first-order chi connectivity index (χ1) is 10.3. The van der Waals surface area contributed by atoms with E-state index in [0.29, 0.717) is 0 Å². The molecule has 5 heteroatoms. The molecule has 0 spiro atoms. The summed E-state index contributed by atoms with van der Waals surface area (Å²) in [5.41, 5.74) is 4.43. The van der Waals surface area contributed by atoms with Crippen LogP contribution in [0.1, 0.15) is 11.3 Å². The normalized spacial score (nSPS) is 14.1. The number of aromatic nitrogens is 3. The Morgan fingerprint density at radius 1 is 1.29 bits per heavy atom. The van der Waals surface area contributed by atoms with E-state index in [2.05, 4.69) is 16.5 Å². The van der Waals surface area contributed by atoms with E-state index < -0.39 is 0 Å². The SMILES string of the molecule is COc1ccc2c(-n3cc4c(n3)CCNC4)ccnc2c1. The Hall–Kier alpha value is -2.40. The van der Waals surface area contributed by atoms with Gasteiger partial charge in [-0.15, -0.1) is 0 Å². The number of nitrogens with one attached hydrogen (secondary N) is 1. The van der Waals surface area contributed by atoms with E-state index in [1.807, 2.05) is 35.1 Å². The van der Waals surface area contributed by atoms with Crippen molar-refractivity contribution in [3.05, 3.63) is 47.9 Å². The Bertz CT molecular complexity index is 786. The van der Waals surface area contributed by atoms with Gasteiger partial charge in [-0.2, -0.15) is 5.10 Å². The number of fused-ring (bicyclic) bond motifs is 2. The van der Waals surface area contributed by atoms with Crippen molar-refractivity contribution in [1.82, 2.24) is 20.1 Å². The molecule has 0 saturated carbocycles. The van der Waals surface area contributed by atoms with Crippen molar-refractivity contribution in [3.8, 4) is 11.4 Å². The zero-order valence-corrected chi connectivity index (χ0v) is 11.8. The van der Waals surface area contributed by atoms with Gasteiger partial charge in [-0.05, 0) is 18.2 Å². The first-order valence-corrected chi connectivity index (χ1v) is 7.06. The number of pyridine rings is 1. The highest BCUT2D eigenvalue weighted by Crippen LogP contribution is 2.25. The molecule has 1 aromatic carbocycles. The van der Waals surface area contributed by atoms with Gasteiger partial charge in [-0.1, -0.05) is 0 Å². The van der Waals surface area contributed by atoms with Crippen molar-refractivity contribution in [2.24, 2.45) is 0 Å². The highest BCUT2D eigenvalue weighted by Gasteiger charge is 2.15. The second-order valence-electron chi connectivity index (χ2n) is 5.19. The molecule has 0 amide bonds. The summed E-state index contributed by atoms with van der Waals surface area (Å²) in [6.45, 7) is 1.89. The molecule has 0 atom stereocenters. The molecule has 3 heterocycles. The number of hydrogen-bond donors (Lipinski definition) is 1. The third-order valence-corrected chi connectivity index (χ3v) is 3.90. The number of hydrogen-bond acceptors (Lipinski definition) is 4. The smallest absolute Gasteiger partial charge is 0.121 e. The molecular formula is C16H16N4O. The Labute approximate surface area is 122 Å². The average molecular weight is 280 g/mol. The molecule has 2 aromatic heterocycles. The lowest BCUT2D eigenvalue weighted by molar-refractivity contribution is 0.415. The Morgan fingerprint density at radius 3 is 3.10 bits per heavy atom. The fourth-order valence-corrected chi connectivity index (χ4v) is 2.80. The predicted octanol–water partition coefficient (Wildman–Crippen LogP) is 2.07. The molecule has 4 rings (SSSR count). The highest BCUT2D eigenvalue weighted by molar-refractivity contribution is 5.87. The number of benzene rings is 1. The fourth-order valence-electron chi connectivity index (χ4n) is 2.80. The summed E-state index contributed by atoms with van der Waals surface area (Å²) in [4.78, 5) is 4.42. The molecule has 0 bridgehead atoms. The van der Waals surface area contributed by atoms with Crippen LogP contribution in [0.25, 0.3) is 16.6 Å². The lowest BCUT2D eigenvalue weighted by atomic mass is 10.1. The number of nitrogens with zero attached hydrogens (tertiary/aromatic N) is 3.